The maximum Gasteiger partial charge on any atom is 0.534 e. The lowest BCUT2D eigenvalue weighted by Gasteiger charge is -2.38. The van der Waals surface area contributed by atoms with Crippen molar-refractivity contribution in [3.8, 4) is 0 Å². The maximum absolute atomic E-state index is 12.9. The van der Waals surface area contributed by atoms with E-state index in [9.17, 15) is 93.5 Å². The van der Waals surface area contributed by atoms with Crippen molar-refractivity contribution in [2.24, 2.45) is 23.7 Å². The zero-order chi connectivity index (χ0) is 101. The zero-order valence-electron chi connectivity index (χ0n) is 81.5. The highest BCUT2D eigenvalue weighted by atomic mass is 35.5. The molecule has 0 aromatic heterocycles. The van der Waals surface area contributed by atoms with E-state index in [1.54, 1.807) is 56.2 Å². The summed E-state index contributed by atoms with van der Waals surface area (Å²) in [7, 11) is -6.20. The second-order valence-corrected chi connectivity index (χ2v) is 43.0. The summed E-state index contributed by atoms with van der Waals surface area (Å²) >= 11 is 0. The summed E-state index contributed by atoms with van der Waals surface area (Å²) in [5, 5.41) is 12.7. The normalized spacial score (nSPS) is 25.1. The van der Waals surface area contributed by atoms with Crippen LogP contribution in [-0.4, -0.2) is 249 Å². The molecule has 0 radical (unpaired) electrons. The number of hydrogen-bond acceptors (Lipinski definition) is 24. The number of nitrogens with one attached hydrogen (secondary N) is 5. The standard InChI is InChI=1S/C24H31N3O5.C24H29N3O5.C19H23BN2O5.C19H23N3O3.C12H18F3NO5S.ClH/c2*1-14-12-26(23(31)32-24(2,3)4)10-9-17(14)15-5-6-18-16(11-15)13-27(22(18)30)19-7-8-20(28)25-21(19)29;1-18(2)19(3,4)27-20(26-18)12-5-6-13-11(9-12)10-22(17(13)25)14-7-8-15(23)21-16(14)24;1-11-9-20-7-6-14(11)12-2-3-15-13(8-12)10-22(19(15)25)16-4-5-17(23)21-18(16)24;1-8-7-16(10(17)20-11(2,3)4)6-5-9(8)21-22(18,19)12(13,14)15;/h5-6,11,14,17,19H,7-10,12-13H2,1-4H3,(H,25,28,29);5-6,9,11,14,19H,7-8,10,12-13H2,1-4H3,(H,25,28,29);5-6,9,14H,7-8,10H2,1-4H3,(H,21,23,24);2-3,8,11,14,16,20H,4-7,9-10H2,1H3,(H,21,23,24);5,8H,6-7H2,1-4H3;1H. The van der Waals surface area contributed by atoms with Crippen molar-refractivity contribution in [1.82, 2.24) is 60.9 Å². The maximum atomic E-state index is 12.9. The molecule has 13 aliphatic rings. The molecule has 4 aromatic carbocycles. The Labute approximate surface area is 813 Å². The number of nitrogens with zero attached hydrogens (tertiary/aromatic N) is 7. The van der Waals surface area contributed by atoms with Gasteiger partial charge >= 0.3 is 41.0 Å². The summed E-state index contributed by atoms with van der Waals surface area (Å²) in [4.78, 5) is 193. The Morgan fingerprint density at radius 2 is 0.806 bits per heavy atom. The van der Waals surface area contributed by atoms with Gasteiger partial charge in [-0.1, -0.05) is 76.2 Å². The largest absolute Gasteiger partial charge is 0.534 e. The molecular formula is C98H125BClF3N12O23S. The summed E-state index contributed by atoms with van der Waals surface area (Å²) in [5.41, 5.74) is 3.42. The minimum absolute atomic E-state index is 0. The van der Waals surface area contributed by atoms with E-state index in [2.05, 4.69) is 69.7 Å². The Morgan fingerprint density at radius 1 is 0.446 bits per heavy atom. The highest BCUT2D eigenvalue weighted by molar-refractivity contribution is 7.87. The quantitative estimate of drug-likeness (QED) is 0.0324. The highest BCUT2D eigenvalue weighted by Crippen LogP contribution is 2.43. The first-order valence-corrected chi connectivity index (χ1v) is 48.3. The van der Waals surface area contributed by atoms with E-state index < -0.39 is 105 Å². The Morgan fingerprint density at radius 3 is 1.17 bits per heavy atom. The summed E-state index contributed by atoms with van der Waals surface area (Å²) in [5.74, 6) is -2.66. The lowest BCUT2D eigenvalue weighted by molar-refractivity contribution is -0.138. The van der Waals surface area contributed by atoms with Gasteiger partial charge in [0.2, 0.25) is 47.3 Å². The number of amides is 15. The Balaban J connectivity index is 0.000000156. The van der Waals surface area contributed by atoms with Gasteiger partial charge in [-0.15, -0.1) is 12.4 Å². The number of imide groups is 4. The second kappa shape index (κ2) is 41.7. The van der Waals surface area contributed by atoms with Crippen molar-refractivity contribution in [2.75, 3.05) is 52.4 Å². The van der Waals surface area contributed by atoms with E-state index in [0.717, 1.165) is 76.4 Å². The molecule has 4 aromatic rings. The minimum atomic E-state index is -5.70. The van der Waals surface area contributed by atoms with Crippen LogP contribution in [0.15, 0.2) is 90.7 Å². The predicted molar refractivity (Wildman–Crippen MR) is 503 cm³/mol. The number of likely N-dealkylation sites (tertiary alicyclic amines) is 1. The first kappa shape index (κ1) is 106. The predicted octanol–water partition coefficient (Wildman–Crippen LogP) is 10.5. The molecule has 5 N–H and O–H groups in total. The first-order valence-electron chi connectivity index (χ1n) is 46.9. The van der Waals surface area contributed by atoms with Crippen LogP contribution in [0.5, 0.6) is 0 Å². The van der Waals surface area contributed by atoms with Gasteiger partial charge in [-0.25, -0.2) is 14.4 Å². The van der Waals surface area contributed by atoms with Crippen molar-refractivity contribution in [3.05, 3.63) is 152 Å². The van der Waals surface area contributed by atoms with Gasteiger partial charge in [0.05, 0.1) is 11.2 Å². The van der Waals surface area contributed by atoms with E-state index in [-0.39, 0.29) is 140 Å². The van der Waals surface area contributed by atoms with Crippen molar-refractivity contribution in [2.45, 2.75) is 278 Å². The third-order valence-electron chi connectivity index (χ3n) is 27.1. The number of benzene rings is 4. The number of halogens is 4. The number of carbonyl (C=O) groups excluding carboxylic acids is 15. The van der Waals surface area contributed by atoms with Gasteiger partial charge in [0.15, 0.2) is 0 Å². The van der Waals surface area contributed by atoms with E-state index in [1.165, 1.54) is 17.4 Å². The summed E-state index contributed by atoms with van der Waals surface area (Å²) in [6.07, 6.45) is 6.34. The lowest BCUT2D eigenvalue weighted by atomic mass is 9.78. The minimum Gasteiger partial charge on any atom is -0.444 e. The summed E-state index contributed by atoms with van der Waals surface area (Å²) in [6.45, 7) is 37.8. The van der Waals surface area contributed by atoms with Gasteiger partial charge in [-0.05, 0) is 258 Å². The number of hydrogen-bond donors (Lipinski definition) is 5. The van der Waals surface area contributed by atoms with Crippen LogP contribution in [0.1, 0.15) is 274 Å². The number of piperidine rings is 6. The van der Waals surface area contributed by atoms with Crippen LogP contribution in [0, 0.1) is 23.7 Å². The Bertz CT molecular complexity index is 5740. The van der Waals surface area contributed by atoms with E-state index in [4.69, 9.17) is 23.5 Å². The second-order valence-electron chi connectivity index (χ2n) is 41.5. The fraction of sp³-hybridized carbons (Fsp3) is 0.561. The Hall–Kier alpha value is -11.6. The van der Waals surface area contributed by atoms with Gasteiger partial charge < -0.3 is 67.3 Å². The highest BCUT2D eigenvalue weighted by Gasteiger charge is 2.54. The number of rotatable bonds is 10. The molecule has 10 atom stereocenters. The van der Waals surface area contributed by atoms with E-state index >= 15 is 0 Å². The van der Waals surface area contributed by atoms with Gasteiger partial charge in [0.25, 0.3) is 23.6 Å². The SMILES string of the molecule is CC1(C)OB(c2ccc3c(c2)CN(C2CCC(=O)NC2=O)C3=O)OC1(C)C.CC1CN(C(=O)OC(C)(C)C)CC=C1OS(=O)(=O)C(F)(F)F.CC1CN(C(=O)OC(C)(C)C)CC=C1c1ccc2c(c1)CN(C1CCC(=O)NC1=O)C2=O.CC1CN(C(=O)OC(C)(C)C)CCC1c1ccc2c(c1)CN(C1CCC(=O)NC1=O)C2=O.CC1CNCCC1c1ccc2c(c1)CN(C1CCC(=O)NC1=O)C2=O.Cl. The van der Waals surface area contributed by atoms with Crippen LogP contribution in [-0.2, 0) is 102 Å². The van der Waals surface area contributed by atoms with E-state index in [1.807, 2.05) is 124 Å². The van der Waals surface area contributed by atoms with Crippen LogP contribution in [0.3, 0.4) is 0 Å². The molecule has 0 spiro atoms. The molecule has 0 saturated carbocycles. The van der Waals surface area contributed by atoms with Crippen molar-refractivity contribution >= 4 is 130 Å². The first-order chi connectivity index (χ1) is 64.4. The van der Waals surface area contributed by atoms with Crippen LogP contribution >= 0.6 is 12.4 Å². The third-order valence-corrected chi connectivity index (χ3v) is 28.0. The van der Waals surface area contributed by atoms with Gasteiger partial charge in [0.1, 0.15) is 46.7 Å². The number of alkyl halides is 3. The average Bonchev–Trinajstić information content (AvgIpc) is 1.58. The molecule has 17 rings (SSSR count). The molecule has 7 fully saturated rings. The van der Waals surface area contributed by atoms with Crippen LogP contribution in [0.2, 0.25) is 0 Å². The van der Waals surface area contributed by atoms with Crippen molar-refractivity contribution < 1.29 is 121 Å². The molecule has 15 amide bonds. The molecule has 0 bridgehead atoms. The van der Waals surface area contributed by atoms with Crippen molar-refractivity contribution in [1.29, 1.82) is 0 Å². The molecule has 139 heavy (non-hydrogen) atoms. The summed E-state index contributed by atoms with van der Waals surface area (Å²) in [6, 6.07) is 20.9. The molecule has 13 heterocycles. The fourth-order valence-corrected chi connectivity index (χ4v) is 19.8. The van der Waals surface area contributed by atoms with Crippen molar-refractivity contribution in [3.63, 3.8) is 0 Å². The third kappa shape index (κ3) is 24.5. The molecule has 7 saturated heterocycles. The Kier molecular flexibility index (Phi) is 31.8. The smallest absolute Gasteiger partial charge is 0.444 e. The van der Waals surface area contributed by atoms with Crippen LogP contribution in [0.25, 0.3) is 5.57 Å². The molecule has 0 aliphatic carbocycles. The summed E-state index contributed by atoms with van der Waals surface area (Å²) < 4.78 is 91.2. The topological polar surface area (TPSA) is 428 Å². The monoisotopic (exact) mass is 1970 g/mol. The average molecular weight is 1970 g/mol. The van der Waals surface area contributed by atoms with Crippen LogP contribution < -0.4 is 32.0 Å². The van der Waals surface area contributed by atoms with E-state index in [0.29, 0.717) is 112 Å². The number of ether oxygens (including phenoxy) is 3. The number of fused-ring (bicyclic) bond motifs is 4. The van der Waals surface area contributed by atoms with Gasteiger partial charge in [-0.2, -0.15) is 21.6 Å². The number of carbonyl (C=O) groups is 15. The molecule has 13 aliphatic heterocycles. The molecule has 10 unspecified atom stereocenters. The lowest BCUT2D eigenvalue weighted by Crippen LogP contribution is -2.52. The van der Waals surface area contributed by atoms with Gasteiger partial charge in [-0.3, -0.25) is 78.8 Å². The van der Waals surface area contributed by atoms with Gasteiger partial charge in [0, 0.05) is 119 Å². The van der Waals surface area contributed by atoms with Crippen LogP contribution in [0.4, 0.5) is 27.6 Å². The zero-order valence-corrected chi connectivity index (χ0v) is 83.1. The fourth-order valence-electron chi connectivity index (χ4n) is 19.2. The molecule has 35 nitrogen and oxygen atoms in total. The molecule has 752 valence electrons. The molecular weight excluding hydrogens is 1850 g/mol. The molecule has 41 heteroatoms.